The molecule has 0 radical (unpaired) electrons. The third-order valence-electron chi connectivity index (χ3n) is 4.64. The third-order valence-corrected chi connectivity index (χ3v) is 4.64. The molecular weight excluding hydrogens is 294 g/mol. The fraction of sp³-hybridized carbons (Fsp3) is 0.389. The largest absolute Gasteiger partial charge is 0.456 e. The predicted molar refractivity (Wildman–Crippen MR) is 85.0 cm³/mol. The molecule has 0 amide bonds. The molecule has 0 N–H and O–H groups in total. The van der Waals surface area contributed by atoms with Crippen LogP contribution in [-0.2, 0) is 14.3 Å². The van der Waals surface area contributed by atoms with E-state index in [-0.39, 0.29) is 11.7 Å². The molecule has 1 aromatic carbocycles. The van der Waals surface area contributed by atoms with Crippen molar-refractivity contribution >= 4 is 28.6 Å². The van der Waals surface area contributed by atoms with Crippen molar-refractivity contribution < 1.29 is 19.1 Å². The van der Waals surface area contributed by atoms with Gasteiger partial charge >= 0.3 is 5.97 Å². The van der Waals surface area contributed by atoms with Crippen LogP contribution < -0.4 is 0 Å². The van der Waals surface area contributed by atoms with E-state index in [1.165, 1.54) is 11.5 Å². The molecule has 2 heterocycles. The van der Waals surface area contributed by atoms with Crippen molar-refractivity contribution in [3.05, 3.63) is 36.0 Å². The van der Waals surface area contributed by atoms with Crippen LogP contribution in [0.5, 0.6) is 0 Å². The Kier molecular flexibility index (Phi) is 3.39. The smallest absolute Gasteiger partial charge is 0.316 e. The maximum absolute atomic E-state index is 12.5. The minimum Gasteiger partial charge on any atom is -0.456 e. The highest BCUT2D eigenvalue weighted by molar-refractivity contribution is 6.04. The van der Waals surface area contributed by atoms with Gasteiger partial charge < -0.3 is 4.74 Å². The number of hydrogen-bond donors (Lipinski definition) is 0. The van der Waals surface area contributed by atoms with Crippen LogP contribution in [0, 0.1) is 11.3 Å². The summed E-state index contributed by atoms with van der Waals surface area (Å²) in [6.07, 6.45) is 0.972. The van der Waals surface area contributed by atoms with Gasteiger partial charge in [-0.15, -0.1) is 0 Å². The van der Waals surface area contributed by atoms with Crippen molar-refractivity contribution in [2.75, 3.05) is 0 Å². The first-order valence-electron chi connectivity index (χ1n) is 7.61. The standard InChI is InChI=1S/C18H19NO4/c1-10-15(21)18(3,4)16(23-17(10)22)13-9-19(11(2)20)14-8-6-5-7-12(13)14/h5-10,16H,1-4H3/t10-,16-/m0/s1. The highest BCUT2D eigenvalue weighted by Crippen LogP contribution is 2.45. The SMILES string of the molecule is CC(=O)n1cc([C@@H]2OC(=O)[C@@H](C)C(=O)C2(C)C)c2ccccc21. The molecule has 1 aliphatic rings. The lowest BCUT2D eigenvalue weighted by Gasteiger charge is -2.38. The Labute approximate surface area is 134 Å². The fourth-order valence-electron chi connectivity index (χ4n) is 3.29. The Morgan fingerprint density at radius 1 is 1.22 bits per heavy atom. The normalized spacial score (nSPS) is 23.8. The van der Waals surface area contributed by atoms with E-state index in [2.05, 4.69) is 0 Å². The maximum Gasteiger partial charge on any atom is 0.316 e. The molecule has 3 rings (SSSR count). The zero-order valence-electron chi connectivity index (χ0n) is 13.6. The average molecular weight is 313 g/mol. The molecule has 0 spiro atoms. The second kappa shape index (κ2) is 5.05. The Hall–Kier alpha value is -2.43. The van der Waals surface area contributed by atoms with E-state index in [0.717, 1.165) is 10.9 Å². The van der Waals surface area contributed by atoms with Gasteiger partial charge in [0.05, 0.1) is 10.9 Å². The monoisotopic (exact) mass is 313 g/mol. The first-order valence-corrected chi connectivity index (χ1v) is 7.61. The second-order valence-electron chi connectivity index (χ2n) is 6.62. The zero-order valence-corrected chi connectivity index (χ0v) is 13.6. The zero-order chi connectivity index (χ0) is 16.9. The topological polar surface area (TPSA) is 65.4 Å². The number of aromatic nitrogens is 1. The van der Waals surface area contributed by atoms with Crippen LogP contribution in [0.1, 0.15) is 44.2 Å². The first kappa shape index (κ1) is 15.5. The molecule has 23 heavy (non-hydrogen) atoms. The number of esters is 1. The maximum atomic E-state index is 12.5. The first-order chi connectivity index (χ1) is 10.7. The number of ketones is 1. The van der Waals surface area contributed by atoms with Crippen LogP contribution in [0.15, 0.2) is 30.5 Å². The summed E-state index contributed by atoms with van der Waals surface area (Å²) in [6.45, 7) is 6.61. The minimum atomic E-state index is -0.848. The number of Topliss-reactive ketones (excluding diaryl/α,β-unsaturated/α-hetero) is 1. The minimum absolute atomic E-state index is 0.132. The van der Waals surface area contributed by atoms with Gasteiger partial charge in [0.25, 0.3) is 0 Å². The Morgan fingerprint density at radius 2 is 1.87 bits per heavy atom. The van der Waals surface area contributed by atoms with E-state index < -0.39 is 23.4 Å². The summed E-state index contributed by atoms with van der Waals surface area (Å²) in [6, 6.07) is 7.41. The highest BCUT2D eigenvalue weighted by atomic mass is 16.5. The Bertz CT molecular complexity index is 831. The lowest BCUT2D eigenvalue weighted by atomic mass is 9.73. The molecule has 0 unspecified atom stereocenters. The molecule has 1 aliphatic heterocycles. The lowest BCUT2D eigenvalue weighted by Crippen LogP contribution is -2.46. The third kappa shape index (κ3) is 2.19. The second-order valence-corrected chi connectivity index (χ2v) is 6.62. The van der Waals surface area contributed by atoms with Crippen molar-refractivity contribution in [1.82, 2.24) is 4.57 Å². The molecule has 120 valence electrons. The molecule has 0 aliphatic carbocycles. The average Bonchev–Trinajstić information content (AvgIpc) is 2.89. The summed E-state index contributed by atoms with van der Waals surface area (Å²) in [5.74, 6) is -1.55. The quantitative estimate of drug-likeness (QED) is 0.599. The van der Waals surface area contributed by atoms with Gasteiger partial charge in [-0.25, -0.2) is 0 Å². The molecule has 1 fully saturated rings. The summed E-state index contributed by atoms with van der Waals surface area (Å²) >= 11 is 0. The molecular formula is C18H19NO4. The molecule has 0 bridgehead atoms. The molecule has 2 atom stereocenters. The number of carbonyl (C=O) groups is 3. The van der Waals surface area contributed by atoms with E-state index in [1.807, 2.05) is 24.3 Å². The summed E-state index contributed by atoms with van der Waals surface area (Å²) < 4.78 is 7.11. The molecule has 1 aromatic heterocycles. The summed E-state index contributed by atoms with van der Waals surface area (Å²) in [4.78, 5) is 36.5. The summed E-state index contributed by atoms with van der Waals surface area (Å²) in [7, 11) is 0. The van der Waals surface area contributed by atoms with Gasteiger partial charge in [-0.05, 0) is 26.8 Å². The highest BCUT2D eigenvalue weighted by Gasteiger charge is 2.50. The van der Waals surface area contributed by atoms with Crippen LogP contribution >= 0.6 is 0 Å². The summed E-state index contributed by atoms with van der Waals surface area (Å²) in [5.41, 5.74) is 0.585. The van der Waals surface area contributed by atoms with Crippen molar-refractivity contribution in [2.24, 2.45) is 11.3 Å². The van der Waals surface area contributed by atoms with E-state index in [4.69, 9.17) is 4.74 Å². The number of nitrogens with zero attached hydrogens (tertiary/aromatic N) is 1. The molecule has 1 saturated heterocycles. The molecule has 2 aromatic rings. The number of para-hydroxylation sites is 1. The fourth-order valence-corrected chi connectivity index (χ4v) is 3.29. The van der Waals surface area contributed by atoms with Crippen molar-refractivity contribution in [1.29, 1.82) is 0 Å². The van der Waals surface area contributed by atoms with Crippen molar-refractivity contribution in [3.63, 3.8) is 0 Å². The molecule has 5 nitrogen and oxygen atoms in total. The van der Waals surface area contributed by atoms with Gasteiger partial charge in [-0.3, -0.25) is 19.0 Å². The van der Waals surface area contributed by atoms with Crippen molar-refractivity contribution in [3.8, 4) is 0 Å². The van der Waals surface area contributed by atoms with Gasteiger partial charge in [-0.2, -0.15) is 0 Å². The Balaban J connectivity index is 2.22. The number of ether oxygens (including phenoxy) is 1. The van der Waals surface area contributed by atoms with Crippen LogP contribution in [0.2, 0.25) is 0 Å². The van der Waals surface area contributed by atoms with Crippen LogP contribution in [0.25, 0.3) is 10.9 Å². The number of cyclic esters (lactones) is 1. The van der Waals surface area contributed by atoms with Crippen LogP contribution in [-0.4, -0.2) is 22.2 Å². The molecule has 0 saturated carbocycles. The molecule has 5 heteroatoms. The van der Waals surface area contributed by atoms with E-state index in [1.54, 1.807) is 27.0 Å². The summed E-state index contributed by atoms with van der Waals surface area (Å²) in [5, 5.41) is 0.816. The van der Waals surface area contributed by atoms with Crippen LogP contribution in [0.3, 0.4) is 0 Å². The van der Waals surface area contributed by atoms with Gasteiger partial charge in [0.1, 0.15) is 12.0 Å². The van der Waals surface area contributed by atoms with E-state index >= 15 is 0 Å². The van der Waals surface area contributed by atoms with Gasteiger partial charge in [0, 0.05) is 24.1 Å². The van der Waals surface area contributed by atoms with E-state index in [9.17, 15) is 14.4 Å². The Morgan fingerprint density at radius 3 is 2.52 bits per heavy atom. The lowest BCUT2D eigenvalue weighted by molar-refractivity contribution is -0.177. The van der Waals surface area contributed by atoms with Gasteiger partial charge in [-0.1, -0.05) is 18.2 Å². The number of hydrogen-bond acceptors (Lipinski definition) is 4. The number of benzene rings is 1. The number of carbonyl (C=O) groups excluding carboxylic acids is 3. The van der Waals surface area contributed by atoms with Crippen LogP contribution in [0.4, 0.5) is 0 Å². The number of rotatable bonds is 1. The van der Waals surface area contributed by atoms with E-state index in [0.29, 0.717) is 5.56 Å². The van der Waals surface area contributed by atoms with Crippen molar-refractivity contribution in [2.45, 2.75) is 33.8 Å². The van der Waals surface area contributed by atoms with Gasteiger partial charge in [0.2, 0.25) is 5.91 Å². The van der Waals surface area contributed by atoms with Gasteiger partial charge in [0.15, 0.2) is 5.78 Å². The number of fused-ring (bicyclic) bond motifs is 1. The predicted octanol–water partition coefficient (Wildman–Crippen LogP) is 3.13.